The van der Waals surface area contributed by atoms with Crippen molar-refractivity contribution in [2.75, 3.05) is 12.3 Å². The number of likely N-dealkylation sites (tertiary alicyclic amines) is 1. The molecule has 2 unspecified atom stereocenters. The highest BCUT2D eigenvalue weighted by atomic mass is 32.2. The number of amides is 1. The zero-order valence-corrected chi connectivity index (χ0v) is 14.3. The Morgan fingerprint density at radius 2 is 2.05 bits per heavy atom. The van der Waals surface area contributed by atoms with Gasteiger partial charge in [-0.1, -0.05) is 24.6 Å². The van der Waals surface area contributed by atoms with E-state index >= 15 is 0 Å². The normalized spacial score (nSPS) is 25.3. The third-order valence-electron chi connectivity index (χ3n) is 4.84. The number of hydrogen-bond donors (Lipinski definition) is 0. The molecule has 1 saturated heterocycles. The molecule has 1 amide bonds. The summed E-state index contributed by atoms with van der Waals surface area (Å²) in [5.74, 6) is 1.42. The molecule has 2 atom stereocenters. The molecular weight excluding hydrogens is 298 g/mol. The Labute approximate surface area is 136 Å². The summed E-state index contributed by atoms with van der Waals surface area (Å²) in [5.41, 5.74) is 0. The minimum atomic E-state index is 0.213. The summed E-state index contributed by atoms with van der Waals surface area (Å²) in [4.78, 5) is 14.8. The Kier molecular flexibility index (Phi) is 5.00. The highest BCUT2D eigenvalue weighted by Gasteiger charge is 2.35. The second-order valence-electron chi connectivity index (χ2n) is 6.63. The van der Waals surface area contributed by atoms with Gasteiger partial charge in [0.2, 0.25) is 11.1 Å². The summed E-state index contributed by atoms with van der Waals surface area (Å²) in [7, 11) is 0. The zero-order chi connectivity index (χ0) is 15.5. The van der Waals surface area contributed by atoms with Crippen molar-refractivity contribution in [3.8, 4) is 0 Å². The third kappa shape index (κ3) is 3.29. The summed E-state index contributed by atoms with van der Waals surface area (Å²) in [6.45, 7) is 5.01. The van der Waals surface area contributed by atoms with E-state index in [1.54, 1.807) is 4.68 Å². The van der Waals surface area contributed by atoms with Crippen LogP contribution in [0, 0.1) is 5.92 Å². The molecular formula is C15H25N5OS. The first kappa shape index (κ1) is 15.8. The van der Waals surface area contributed by atoms with Crippen molar-refractivity contribution in [1.82, 2.24) is 25.1 Å². The van der Waals surface area contributed by atoms with Crippen LogP contribution in [0.15, 0.2) is 5.16 Å². The molecule has 2 fully saturated rings. The van der Waals surface area contributed by atoms with Gasteiger partial charge in [-0.2, -0.15) is 0 Å². The topological polar surface area (TPSA) is 63.9 Å². The molecule has 2 aliphatic rings. The maximum absolute atomic E-state index is 12.7. The SMILES string of the molecule is CC(C)n1nnnc1SCC(=O)N1CCCC2CCCCC21. The first-order valence-corrected chi connectivity index (χ1v) is 9.35. The van der Waals surface area contributed by atoms with E-state index < -0.39 is 0 Å². The van der Waals surface area contributed by atoms with E-state index in [0.717, 1.165) is 24.0 Å². The van der Waals surface area contributed by atoms with Gasteiger partial charge in [-0.3, -0.25) is 4.79 Å². The smallest absolute Gasteiger partial charge is 0.233 e. The van der Waals surface area contributed by atoms with Gasteiger partial charge in [0.15, 0.2) is 0 Å². The Hall–Kier alpha value is -1.11. The largest absolute Gasteiger partial charge is 0.339 e. The molecule has 7 heteroatoms. The van der Waals surface area contributed by atoms with Crippen molar-refractivity contribution in [3.05, 3.63) is 0 Å². The molecule has 22 heavy (non-hydrogen) atoms. The summed E-state index contributed by atoms with van der Waals surface area (Å²) in [6.07, 6.45) is 7.54. The highest BCUT2D eigenvalue weighted by Crippen LogP contribution is 2.35. The highest BCUT2D eigenvalue weighted by molar-refractivity contribution is 7.99. The van der Waals surface area contributed by atoms with Crippen molar-refractivity contribution < 1.29 is 4.79 Å². The molecule has 3 rings (SSSR count). The number of piperidine rings is 1. The van der Waals surface area contributed by atoms with E-state index in [4.69, 9.17) is 0 Å². The van der Waals surface area contributed by atoms with Gasteiger partial charge < -0.3 is 4.90 Å². The monoisotopic (exact) mass is 323 g/mol. The average Bonchev–Trinajstić information content (AvgIpc) is 3.01. The van der Waals surface area contributed by atoms with E-state index in [-0.39, 0.29) is 11.9 Å². The molecule has 1 aromatic heterocycles. The van der Waals surface area contributed by atoms with E-state index in [1.807, 2.05) is 13.8 Å². The maximum Gasteiger partial charge on any atom is 0.233 e. The van der Waals surface area contributed by atoms with Crippen molar-refractivity contribution in [1.29, 1.82) is 0 Å². The lowest BCUT2D eigenvalue weighted by Crippen LogP contribution is -2.50. The fourth-order valence-electron chi connectivity index (χ4n) is 3.75. The van der Waals surface area contributed by atoms with Crippen LogP contribution in [0.25, 0.3) is 0 Å². The van der Waals surface area contributed by atoms with Crippen LogP contribution >= 0.6 is 11.8 Å². The standard InChI is InChI=1S/C15H25N5OS/c1-11(2)20-15(16-17-18-20)22-10-14(21)19-9-5-7-12-6-3-4-8-13(12)19/h11-13H,3-10H2,1-2H3. The number of carbonyl (C=O) groups is 1. The molecule has 0 bridgehead atoms. The molecule has 1 saturated carbocycles. The summed E-state index contributed by atoms with van der Waals surface area (Å²) in [6, 6.07) is 0.696. The van der Waals surface area contributed by atoms with E-state index in [9.17, 15) is 4.79 Å². The van der Waals surface area contributed by atoms with Crippen LogP contribution in [0.4, 0.5) is 0 Å². The Morgan fingerprint density at radius 3 is 2.86 bits per heavy atom. The second kappa shape index (κ2) is 6.98. The molecule has 0 aromatic carbocycles. The Bertz CT molecular complexity index is 516. The van der Waals surface area contributed by atoms with E-state index in [2.05, 4.69) is 20.4 Å². The van der Waals surface area contributed by atoms with Crippen LogP contribution < -0.4 is 0 Å². The van der Waals surface area contributed by atoms with E-state index in [0.29, 0.717) is 11.8 Å². The number of fused-ring (bicyclic) bond motifs is 1. The number of rotatable bonds is 4. The number of hydrogen-bond acceptors (Lipinski definition) is 5. The van der Waals surface area contributed by atoms with Crippen LogP contribution in [0.3, 0.4) is 0 Å². The van der Waals surface area contributed by atoms with Gasteiger partial charge in [0, 0.05) is 12.6 Å². The predicted octanol–water partition coefficient (Wildman–Crippen LogP) is 2.53. The van der Waals surface area contributed by atoms with Gasteiger partial charge in [-0.05, 0) is 55.9 Å². The predicted molar refractivity (Wildman–Crippen MR) is 85.6 cm³/mol. The summed E-state index contributed by atoms with van der Waals surface area (Å²) in [5, 5.41) is 12.5. The van der Waals surface area contributed by atoms with Crippen LogP contribution in [-0.4, -0.2) is 49.4 Å². The first-order chi connectivity index (χ1) is 10.7. The van der Waals surface area contributed by atoms with Crippen LogP contribution in [0.5, 0.6) is 0 Å². The minimum absolute atomic E-state index is 0.213. The van der Waals surface area contributed by atoms with Crippen molar-refractivity contribution >= 4 is 17.7 Å². The van der Waals surface area contributed by atoms with Gasteiger partial charge >= 0.3 is 0 Å². The molecule has 2 heterocycles. The lowest BCUT2D eigenvalue weighted by Gasteiger charge is -2.44. The fraction of sp³-hybridized carbons (Fsp3) is 0.867. The number of nitrogens with zero attached hydrogens (tertiary/aromatic N) is 5. The Balaban J connectivity index is 1.60. The lowest BCUT2D eigenvalue weighted by atomic mass is 9.78. The Morgan fingerprint density at radius 1 is 1.27 bits per heavy atom. The third-order valence-corrected chi connectivity index (χ3v) is 5.76. The van der Waals surface area contributed by atoms with Gasteiger partial charge in [-0.25, -0.2) is 4.68 Å². The number of aromatic nitrogens is 4. The second-order valence-corrected chi connectivity index (χ2v) is 7.57. The van der Waals surface area contributed by atoms with Crippen LogP contribution in [-0.2, 0) is 4.79 Å². The first-order valence-electron chi connectivity index (χ1n) is 8.37. The average molecular weight is 323 g/mol. The minimum Gasteiger partial charge on any atom is -0.339 e. The van der Waals surface area contributed by atoms with Crippen LogP contribution in [0.2, 0.25) is 0 Å². The van der Waals surface area contributed by atoms with Gasteiger partial charge in [0.05, 0.1) is 11.8 Å². The lowest BCUT2D eigenvalue weighted by molar-refractivity contribution is -0.134. The summed E-state index contributed by atoms with van der Waals surface area (Å²) >= 11 is 1.46. The van der Waals surface area contributed by atoms with Crippen molar-refractivity contribution in [2.24, 2.45) is 5.92 Å². The molecule has 1 aliphatic heterocycles. The molecule has 0 spiro atoms. The molecule has 1 aromatic rings. The summed E-state index contributed by atoms with van der Waals surface area (Å²) < 4.78 is 1.78. The fourth-order valence-corrected chi connectivity index (χ4v) is 4.64. The number of carbonyl (C=O) groups excluding carboxylic acids is 1. The zero-order valence-electron chi connectivity index (χ0n) is 13.4. The quantitative estimate of drug-likeness (QED) is 0.797. The van der Waals surface area contributed by atoms with E-state index in [1.165, 1.54) is 43.9 Å². The van der Waals surface area contributed by atoms with Crippen molar-refractivity contribution in [3.63, 3.8) is 0 Å². The number of tetrazole rings is 1. The molecule has 0 N–H and O–H groups in total. The molecule has 1 aliphatic carbocycles. The van der Waals surface area contributed by atoms with Gasteiger partial charge in [0.1, 0.15) is 0 Å². The van der Waals surface area contributed by atoms with Crippen LogP contribution in [0.1, 0.15) is 58.4 Å². The number of thioether (sulfide) groups is 1. The molecule has 122 valence electrons. The van der Waals surface area contributed by atoms with Crippen molar-refractivity contribution in [2.45, 2.75) is 69.6 Å². The van der Waals surface area contributed by atoms with Gasteiger partial charge in [-0.15, -0.1) is 5.10 Å². The van der Waals surface area contributed by atoms with Gasteiger partial charge in [0.25, 0.3) is 0 Å². The molecule has 0 radical (unpaired) electrons. The maximum atomic E-state index is 12.7. The molecule has 6 nitrogen and oxygen atoms in total.